The summed E-state index contributed by atoms with van der Waals surface area (Å²) in [5, 5.41) is 4.66. The van der Waals surface area contributed by atoms with Crippen molar-refractivity contribution >= 4 is 34.2 Å². The number of anilines is 1. The first kappa shape index (κ1) is 18.1. The van der Waals surface area contributed by atoms with Crippen LogP contribution in [0, 0.1) is 5.92 Å². The maximum absolute atomic E-state index is 12.3. The quantitative estimate of drug-likeness (QED) is 0.864. The van der Waals surface area contributed by atoms with Gasteiger partial charge in [-0.3, -0.25) is 4.79 Å². The number of carbonyl (C=O) groups excluding carboxylic acids is 1. The third-order valence-corrected chi connectivity index (χ3v) is 5.29. The molecule has 134 valence electrons. The van der Waals surface area contributed by atoms with E-state index in [1.165, 1.54) is 11.5 Å². The van der Waals surface area contributed by atoms with Gasteiger partial charge in [0, 0.05) is 42.1 Å². The molecule has 0 spiro atoms. The molecule has 0 unspecified atom stereocenters. The van der Waals surface area contributed by atoms with Gasteiger partial charge < -0.3 is 10.2 Å². The zero-order chi connectivity index (χ0) is 17.8. The second-order valence-electron chi connectivity index (χ2n) is 6.74. The molecule has 1 aliphatic heterocycles. The molecule has 1 saturated heterocycles. The Morgan fingerprint density at radius 1 is 1.40 bits per heavy atom. The van der Waals surface area contributed by atoms with Crippen LogP contribution in [0.15, 0.2) is 24.3 Å². The number of amides is 1. The first-order valence-corrected chi connectivity index (χ1v) is 9.79. The van der Waals surface area contributed by atoms with E-state index in [4.69, 9.17) is 11.6 Å². The lowest BCUT2D eigenvalue weighted by molar-refractivity contribution is -0.125. The van der Waals surface area contributed by atoms with Gasteiger partial charge in [0.15, 0.2) is 0 Å². The fourth-order valence-electron chi connectivity index (χ4n) is 3.00. The molecule has 2 heterocycles. The van der Waals surface area contributed by atoms with Crippen LogP contribution < -0.4 is 10.2 Å². The van der Waals surface area contributed by atoms with E-state index < -0.39 is 0 Å². The van der Waals surface area contributed by atoms with Crippen LogP contribution in [0.25, 0.3) is 0 Å². The van der Waals surface area contributed by atoms with E-state index in [9.17, 15) is 4.79 Å². The first-order chi connectivity index (χ1) is 12.0. The second-order valence-corrected chi connectivity index (χ2v) is 7.91. The fourth-order valence-corrected chi connectivity index (χ4v) is 3.84. The number of hydrogen-bond acceptors (Lipinski definition) is 5. The average molecular weight is 379 g/mol. The predicted octanol–water partition coefficient (Wildman–Crippen LogP) is 3.52. The van der Waals surface area contributed by atoms with Crippen LogP contribution in [0.4, 0.5) is 5.13 Å². The molecular formula is C18H23ClN4OS. The molecule has 25 heavy (non-hydrogen) atoms. The number of piperidine rings is 1. The number of nitrogens with zero attached hydrogens (tertiary/aromatic N) is 3. The molecule has 7 heteroatoms. The first-order valence-electron chi connectivity index (χ1n) is 8.63. The maximum atomic E-state index is 12.3. The van der Waals surface area contributed by atoms with Crippen molar-refractivity contribution in [1.29, 1.82) is 0 Å². The molecule has 5 nitrogen and oxygen atoms in total. The van der Waals surface area contributed by atoms with Gasteiger partial charge in [-0.2, -0.15) is 4.37 Å². The van der Waals surface area contributed by atoms with Crippen LogP contribution >= 0.6 is 23.1 Å². The van der Waals surface area contributed by atoms with Gasteiger partial charge in [0.05, 0.1) is 5.92 Å². The largest absolute Gasteiger partial charge is 0.354 e. The van der Waals surface area contributed by atoms with E-state index in [1.807, 2.05) is 38.1 Å². The Bertz CT molecular complexity index is 716. The second kappa shape index (κ2) is 8.15. The van der Waals surface area contributed by atoms with Crippen molar-refractivity contribution in [2.75, 3.05) is 18.0 Å². The van der Waals surface area contributed by atoms with Crippen molar-refractivity contribution in [3.05, 3.63) is 40.7 Å². The molecule has 1 aromatic heterocycles. The van der Waals surface area contributed by atoms with E-state index >= 15 is 0 Å². The number of benzene rings is 1. The number of halogens is 1. The van der Waals surface area contributed by atoms with Crippen molar-refractivity contribution < 1.29 is 4.79 Å². The van der Waals surface area contributed by atoms with Crippen LogP contribution in [-0.4, -0.2) is 34.4 Å². The average Bonchev–Trinajstić information content (AvgIpc) is 3.05. The summed E-state index contributed by atoms with van der Waals surface area (Å²) in [6.45, 7) is 5.63. The molecule has 0 aliphatic carbocycles. The smallest absolute Gasteiger partial charge is 0.225 e. The van der Waals surface area contributed by atoms with Gasteiger partial charge >= 0.3 is 0 Å². The topological polar surface area (TPSA) is 58.1 Å². The Balaban J connectivity index is 1.63. The highest BCUT2D eigenvalue weighted by Crippen LogP contribution is 2.25. The van der Waals surface area contributed by atoms with Crippen LogP contribution in [0.5, 0.6) is 0 Å². The standard InChI is InChI=1S/C18H23ClN4OS/c1-12(2)20-17(24)14-4-3-9-23(11-14)18-21-16(22-25-18)10-13-5-7-15(19)8-6-13/h5-8,12,14H,3-4,9-11H2,1-2H3,(H,20,24)/t14-/m0/s1. The Hall–Kier alpha value is -1.66. The molecule has 1 amide bonds. The zero-order valence-electron chi connectivity index (χ0n) is 14.5. The summed E-state index contributed by atoms with van der Waals surface area (Å²) in [5.74, 6) is 0.987. The summed E-state index contributed by atoms with van der Waals surface area (Å²) < 4.78 is 4.48. The molecule has 3 rings (SSSR count). The molecule has 1 aliphatic rings. The number of rotatable bonds is 5. The lowest BCUT2D eigenvalue weighted by Crippen LogP contribution is -2.44. The van der Waals surface area contributed by atoms with Gasteiger partial charge in [-0.1, -0.05) is 23.7 Å². The Morgan fingerprint density at radius 3 is 2.88 bits per heavy atom. The normalized spacial score (nSPS) is 17.8. The van der Waals surface area contributed by atoms with Gasteiger partial charge in [0.2, 0.25) is 11.0 Å². The summed E-state index contributed by atoms with van der Waals surface area (Å²) >= 11 is 7.34. The van der Waals surface area contributed by atoms with Crippen molar-refractivity contribution in [2.45, 2.75) is 39.2 Å². The zero-order valence-corrected chi connectivity index (χ0v) is 16.1. The highest BCUT2D eigenvalue weighted by molar-refractivity contribution is 7.09. The molecule has 2 aromatic rings. The Labute approximate surface area is 157 Å². The van der Waals surface area contributed by atoms with Crippen LogP contribution in [0.2, 0.25) is 5.02 Å². The third kappa shape index (κ3) is 4.92. The monoisotopic (exact) mass is 378 g/mol. The minimum atomic E-state index is 0.0276. The molecule has 0 bridgehead atoms. The summed E-state index contributed by atoms with van der Waals surface area (Å²) in [6.07, 6.45) is 2.63. The summed E-state index contributed by atoms with van der Waals surface area (Å²) in [5.41, 5.74) is 1.14. The van der Waals surface area contributed by atoms with E-state index in [1.54, 1.807) is 0 Å². The van der Waals surface area contributed by atoms with E-state index in [0.29, 0.717) is 13.0 Å². The number of nitrogens with one attached hydrogen (secondary N) is 1. The van der Waals surface area contributed by atoms with E-state index in [0.717, 1.165) is 40.9 Å². The molecule has 1 aromatic carbocycles. The molecule has 1 atom stereocenters. The summed E-state index contributed by atoms with van der Waals surface area (Å²) in [4.78, 5) is 19.1. The van der Waals surface area contributed by atoms with Gasteiger partial charge in [-0.25, -0.2) is 4.98 Å². The minimum absolute atomic E-state index is 0.0276. The van der Waals surface area contributed by atoms with Crippen molar-refractivity contribution in [3.63, 3.8) is 0 Å². The Morgan fingerprint density at radius 2 is 2.16 bits per heavy atom. The van der Waals surface area contributed by atoms with Crippen molar-refractivity contribution in [2.24, 2.45) is 5.92 Å². The number of aromatic nitrogens is 2. The third-order valence-electron chi connectivity index (χ3n) is 4.23. The van der Waals surface area contributed by atoms with Gasteiger partial charge in [-0.05, 0) is 44.4 Å². The van der Waals surface area contributed by atoms with Crippen molar-refractivity contribution in [1.82, 2.24) is 14.7 Å². The lowest BCUT2D eigenvalue weighted by atomic mass is 9.97. The molecule has 1 fully saturated rings. The highest BCUT2D eigenvalue weighted by Gasteiger charge is 2.27. The van der Waals surface area contributed by atoms with Gasteiger partial charge in [-0.15, -0.1) is 0 Å². The SMILES string of the molecule is CC(C)NC(=O)[C@H]1CCCN(c2nc(Cc3ccc(Cl)cc3)ns2)C1. The summed E-state index contributed by atoms with van der Waals surface area (Å²) in [7, 11) is 0. The van der Waals surface area contributed by atoms with E-state index in [2.05, 4.69) is 19.6 Å². The van der Waals surface area contributed by atoms with Crippen LogP contribution in [-0.2, 0) is 11.2 Å². The molecule has 0 saturated carbocycles. The fraction of sp³-hybridized carbons (Fsp3) is 0.500. The summed E-state index contributed by atoms with van der Waals surface area (Å²) in [6, 6.07) is 7.93. The molecule has 1 N–H and O–H groups in total. The molecule has 0 radical (unpaired) electrons. The minimum Gasteiger partial charge on any atom is -0.354 e. The highest BCUT2D eigenvalue weighted by atomic mass is 35.5. The molecular weight excluding hydrogens is 356 g/mol. The predicted molar refractivity (Wildman–Crippen MR) is 102 cm³/mol. The van der Waals surface area contributed by atoms with Gasteiger partial charge in [0.1, 0.15) is 5.82 Å². The van der Waals surface area contributed by atoms with Crippen LogP contribution in [0.1, 0.15) is 38.1 Å². The lowest BCUT2D eigenvalue weighted by Gasteiger charge is -2.31. The van der Waals surface area contributed by atoms with Crippen molar-refractivity contribution in [3.8, 4) is 0 Å². The van der Waals surface area contributed by atoms with E-state index in [-0.39, 0.29) is 17.9 Å². The Kier molecular flexibility index (Phi) is 5.91. The maximum Gasteiger partial charge on any atom is 0.225 e. The van der Waals surface area contributed by atoms with Gasteiger partial charge in [0.25, 0.3) is 0 Å². The number of carbonyl (C=O) groups is 1. The van der Waals surface area contributed by atoms with Crippen LogP contribution in [0.3, 0.4) is 0 Å². The number of hydrogen-bond donors (Lipinski definition) is 1.